The van der Waals surface area contributed by atoms with Crippen LogP contribution in [0.5, 0.6) is 0 Å². The van der Waals surface area contributed by atoms with E-state index in [9.17, 15) is 10.2 Å². The van der Waals surface area contributed by atoms with Gasteiger partial charge in [-0.15, -0.1) is 6.42 Å². The zero-order chi connectivity index (χ0) is 23.3. The van der Waals surface area contributed by atoms with Crippen molar-refractivity contribution in [3.05, 3.63) is 108 Å². The quantitative estimate of drug-likeness (QED) is 0.392. The van der Waals surface area contributed by atoms with Gasteiger partial charge in [0.15, 0.2) is 0 Å². The Kier molecular flexibility index (Phi) is 10.1. The maximum Gasteiger partial charge on any atom is 0.143 e. The first-order chi connectivity index (χ1) is 16.2. The average Bonchev–Trinajstić information content (AvgIpc) is 2.87. The summed E-state index contributed by atoms with van der Waals surface area (Å²) in [6.07, 6.45) is 1.32. The van der Waals surface area contributed by atoms with Gasteiger partial charge in [-0.1, -0.05) is 96.9 Å². The molecule has 0 radical (unpaired) electrons. The highest BCUT2D eigenvalue weighted by atomic mass is 16.6. The molecule has 0 aliphatic rings. The molecular formula is C28H30O5. The molecule has 3 aromatic carbocycles. The molecule has 0 saturated carbocycles. The van der Waals surface area contributed by atoms with Crippen LogP contribution in [0, 0.1) is 12.3 Å². The number of benzene rings is 3. The predicted octanol–water partition coefficient (Wildman–Crippen LogP) is 3.73. The fourth-order valence-electron chi connectivity index (χ4n) is 3.39. The third-order valence-electron chi connectivity index (χ3n) is 5.16. The van der Waals surface area contributed by atoms with Crippen molar-refractivity contribution in [3.63, 3.8) is 0 Å². The van der Waals surface area contributed by atoms with Crippen LogP contribution in [-0.2, 0) is 34.0 Å². The molecule has 0 fully saturated rings. The molecular weight excluding hydrogens is 416 g/mol. The maximum atomic E-state index is 11.0. The van der Waals surface area contributed by atoms with Crippen LogP contribution in [0.15, 0.2) is 91.0 Å². The lowest BCUT2D eigenvalue weighted by molar-refractivity contribution is -0.167. The van der Waals surface area contributed by atoms with E-state index >= 15 is 0 Å². The molecule has 0 bridgehead atoms. The third kappa shape index (κ3) is 8.14. The monoisotopic (exact) mass is 446 g/mol. The summed E-state index contributed by atoms with van der Waals surface area (Å²) in [5, 5.41) is 21.5. The topological polar surface area (TPSA) is 68.2 Å². The summed E-state index contributed by atoms with van der Waals surface area (Å²) < 4.78 is 17.8. The number of aliphatic hydroxyl groups excluding tert-OH is 2. The fraction of sp³-hybridized carbons (Fsp3) is 0.286. The van der Waals surface area contributed by atoms with E-state index in [2.05, 4.69) is 5.92 Å². The third-order valence-corrected chi connectivity index (χ3v) is 5.16. The van der Waals surface area contributed by atoms with Gasteiger partial charge in [0.2, 0.25) is 0 Å². The van der Waals surface area contributed by atoms with Crippen molar-refractivity contribution in [2.24, 2.45) is 0 Å². The summed E-state index contributed by atoms with van der Waals surface area (Å²) in [5.74, 6) is 2.32. The summed E-state index contributed by atoms with van der Waals surface area (Å²) in [5.41, 5.74) is 2.84. The molecule has 0 unspecified atom stereocenters. The molecule has 172 valence electrons. The molecule has 0 heterocycles. The minimum Gasteiger partial charge on any atom is -0.388 e. The Hall–Kier alpha value is -2.98. The molecule has 0 aliphatic carbocycles. The van der Waals surface area contributed by atoms with Crippen LogP contribution in [0.3, 0.4) is 0 Å². The van der Waals surface area contributed by atoms with Crippen molar-refractivity contribution < 1.29 is 24.4 Å². The summed E-state index contributed by atoms with van der Waals surface area (Å²) in [6, 6.07) is 28.8. The van der Waals surface area contributed by atoms with E-state index in [0.717, 1.165) is 16.7 Å². The second-order valence-corrected chi connectivity index (χ2v) is 7.70. The maximum absolute atomic E-state index is 11.0. The number of rotatable bonds is 13. The van der Waals surface area contributed by atoms with Gasteiger partial charge >= 0.3 is 0 Å². The standard InChI is InChI=1S/C28H30O5/c1-2-25(29)27(32-19-23-14-8-4-9-15-23)28(33-20-24-16-10-5-11-17-24)26(30)21-31-18-22-12-6-3-7-13-22/h1,3-17,25-30H,18-21H2/t25-,26+,27-,28+/m0/s1. The van der Waals surface area contributed by atoms with E-state index in [1.165, 1.54) is 0 Å². The molecule has 5 heteroatoms. The van der Waals surface area contributed by atoms with Gasteiger partial charge in [-0.2, -0.15) is 0 Å². The molecule has 0 saturated heterocycles. The summed E-state index contributed by atoms with van der Waals surface area (Å²) in [6.45, 7) is 0.782. The average molecular weight is 447 g/mol. The van der Waals surface area contributed by atoms with Crippen LogP contribution in [0.1, 0.15) is 16.7 Å². The Labute approximate surface area is 195 Å². The van der Waals surface area contributed by atoms with E-state index in [1.54, 1.807) is 0 Å². The highest BCUT2D eigenvalue weighted by Gasteiger charge is 2.35. The summed E-state index contributed by atoms with van der Waals surface area (Å²) in [7, 11) is 0. The van der Waals surface area contributed by atoms with Crippen LogP contribution in [0.4, 0.5) is 0 Å². The molecule has 0 aliphatic heterocycles. The largest absolute Gasteiger partial charge is 0.388 e. The molecule has 3 rings (SSSR count). The van der Waals surface area contributed by atoms with Crippen molar-refractivity contribution in [2.75, 3.05) is 6.61 Å². The highest BCUT2D eigenvalue weighted by Crippen LogP contribution is 2.19. The van der Waals surface area contributed by atoms with Crippen molar-refractivity contribution >= 4 is 0 Å². The predicted molar refractivity (Wildman–Crippen MR) is 127 cm³/mol. The molecule has 4 atom stereocenters. The van der Waals surface area contributed by atoms with Gasteiger partial charge in [0.05, 0.1) is 26.4 Å². The van der Waals surface area contributed by atoms with Crippen molar-refractivity contribution in [2.45, 2.75) is 44.2 Å². The first-order valence-electron chi connectivity index (χ1n) is 10.9. The van der Waals surface area contributed by atoms with Gasteiger partial charge in [-0.05, 0) is 16.7 Å². The number of hydrogen-bond acceptors (Lipinski definition) is 5. The second kappa shape index (κ2) is 13.5. The van der Waals surface area contributed by atoms with E-state index in [4.69, 9.17) is 20.6 Å². The molecule has 3 aromatic rings. The van der Waals surface area contributed by atoms with E-state index < -0.39 is 24.4 Å². The van der Waals surface area contributed by atoms with Crippen LogP contribution < -0.4 is 0 Å². The number of hydrogen-bond donors (Lipinski definition) is 2. The van der Waals surface area contributed by atoms with Gasteiger partial charge in [0.1, 0.15) is 24.4 Å². The SMILES string of the molecule is C#C[C@H](O)[C@H](OCc1ccccc1)[C@H](OCc1ccccc1)[C@H](O)COCc1ccccc1. The van der Waals surface area contributed by atoms with Crippen LogP contribution in [0.2, 0.25) is 0 Å². The Morgan fingerprint density at radius 3 is 1.52 bits per heavy atom. The zero-order valence-electron chi connectivity index (χ0n) is 18.5. The lowest BCUT2D eigenvalue weighted by Gasteiger charge is -2.32. The number of aliphatic hydroxyl groups is 2. The summed E-state index contributed by atoms with van der Waals surface area (Å²) in [4.78, 5) is 0. The van der Waals surface area contributed by atoms with Gasteiger partial charge in [-0.3, -0.25) is 0 Å². The Morgan fingerprint density at radius 2 is 1.06 bits per heavy atom. The molecule has 0 aromatic heterocycles. The fourth-order valence-corrected chi connectivity index (χ4v) is 3.39. The smallest absolute Gasteiger partial charge is 0.143 e. The van der Waals surface area contributed by atoms with Gasteiger partial charge < -0.3 is 24.4 Å². The zero-order valence-corrected chi connectivity index (χ0v) is 18.5. The molecule has 33 heavy (non-hydrogen) atoms. The van der Waals surface area contributed by atoms with Gasteiger partial charge in [0, 0.05) is 0 Å². The van der Waals surface area contributed by atoms with E-state index in [1.807, 2.05) is 91.0 Å². The first-order valence-corrected chi connectivity index (χ1v) is 10.9. The minimum absolute atomic E-state index is 0.00314. The van der Waals surface area contributed by atoms with E-state index in [-0.39, 0.29) is 19.8 Å². The lowest BCUT2D eigenvalue weighted by Crippen LogP contribution is -2.48. The Balaban J connectivity index is 1.70. The molecule has 0 amide bonds. The molecule has 0 spiro atoms. The van der Waals surface area contributed by atoms with Crippen molar-refractivity contribution in [1.29, 1.82) is 0 Å². The molecule has 5 nitrogen and oxygen atoms in total. The van der Waals surface area contributed by atoms with Crippen molar-refractivity contribution in [1.82, 2.24) is 0 Å². The normalized spacial score (nSPS) is 14.7. The first kappa shape index (κ1) is 24.7. The van der Waals surface area contributed by atoms with Gasteiger partial charge in [0.25, 0.3) is 0 Å². The number of terminal acetylenes is 1. The Bertz CT molecular complexity index is 956. The minimum atomic E-state index is -1.27. The highest BCUT2D eigenvalue weighted by molar-refractivity contribution is 5.15. The summed E-state index contributed by atoms with van der Waals surface area (Å²) >= 11 is 0. The van der Waals surface area contributed by atoms with E-state index in [0.29, 0.717) is 6.61 Å². The van der Waals surface area contributed by atoms with Crippen LogP contribution in [0.25, 0.3) is 0 Å². The van der Waals surface area contributed by atoms with Crippen molar-refractivity contribution in [3.8, 4) is 12.3 Å². The lowest BCUT2D eigenvalue weighted by atomic mass is 10.0. The van der Waals surface area contributed by atoms with Crippen LogP contribution in [-0.4, -0.2) is 41.2 Å². The Morgan fingerprint density at radius 1 is 0.636 bits per heavy atom. The molecule has 2 N–H and O–H groups in total. The van der Waals surface area contributed by atoms with Crippen LogP contribution >= 0.6 is 0 Å². The van der Waals surface area contributed by atoms with Gasteiger partial charge in [-0.25, -0.2) is 0 Å². The number of ether oxygens (including phenoxy) is 3. The second-order valence-electron chi connectivity index (χ2n) is 7.70.